The molecule has 0 radical (unpaired) electrons. The maximum absolute atomic E-state index is 10.8. The zero-order valence-electron chi connectivity index (χ0n) is 10.3. The van der Waals surface area contributed by atoms with Crippen LogP contribution in [0.1, 0.15) is 24.5 Å². The Hall–Kier alpha value is -1.16. The van der Waals surface area contributed by atoms with Gasteiger partial charge in [0.05, 0.1) is 12.1 Å². The van der Waals surface area contributed by atoms with Gasteiger partial charge in [-0.3, -0.25) is 4.79 Å². The Morgan fingerprint density at radius 3 is 2.71 bits per heavy atom. The molecule has 1 aromatic carbocycles. The summed E-state index contributed by atoms with van der Waals surface area (Å²) in [5.74, 6) is -0.732. The highest BCUT2D eigenvalue weighted by Gasteiger charge is 2.29. The summed E-state index contributed by atoms with van der Waals surface area (Å²) in [6, 6.07) is 4.38. The Morgan fingerprint density at radius 2 is 2.06 bits per heavy atom. The van der Waals surface area contributed by atoms with Crippen molar-refractivity contribution >= 4 is 23.4 Å². The molecule has 1 aromatic rings. The van der Waals surface area contributed by atoms with Crippen molar-refractivity contribution < 1.29 is 9.90 Å². The molecule has 0 aliphatic carbocycles. The summed E-state index contributed by atoms with van der Waals surface area (Å²) in [7, 11) is 0. The zero-order valence-corrected chi connectivity index (χ0v) is 11.1. The molecule has 1 aliphatic heterocycles. The summed E-state index contributed by atoms with van der Waals surface area (Å²) < 4.78 is 0. The minimum Gasteiger partial charge on any atom is -0.481 e. The number of carboxylic acids is 1. The second-order valence-electron chi connectivity index (χ2n) is 4.59. The van der Waals surface area contributed by atoms with Crippen LogP contribution in [-0.4, -0.2) is 22.4 Å². The van der Waals surface area contributed by atoms with Crippen molar-refractivity contribution in [1.29, 1.82) is 0 Å². The average molecular weight is 251 g/mol. The number of aliphatic carboxylic acids is 1. The van der Waals surface area contributed by atoms with Crippen molar-refractivity contribution in [1.82, 2.24) is 0 Å². The highest BCUT2D eigenvalue weighted by atomic mass is 32.2. The van der Waals surface area contributed by atoms with Crippen LogP contribution < -0.4 is 5.32 Å². The first-order chi connectivity index (χ1) is 7.99. The van der Waals surface area contributed by atoms with E-state index >= 15 is 0 Å². The van der Waals surface area contributed by atoms with E-state index in [0.29, 0.717) is 0 Å². The van der Waals surface area contributed by atoms with E-state index in [2.05, 4.69) is 31.3 Å². The molecular formula is C13H17NO2S. The first-order valence-corrected chi connectivity index (χ1v) is 6.62. The number of thioether (sulfide) groups is 1. The lowest BCUT2D eigenvalue weighted by molar-refractivity contribution is -0.137. The predicted octanol–water partition coefficient (Wildman–Crippen LogP) is 3.05. The van der Waals surface area contributed by atoms with Crippen LogP contribution in [-0.2, 0) is 4.79 Å². The minimum atomic E-state index is -0.732. The van der Waals surface area contributed by atoms with E-state index in [1.165, 1.54) is 21.7 Å². The largest absolute Gasteiger partial charge is 0.481 e. The molecule has 1 heterocycles. The number of hydrogen-bond acceptors (Lipinski definition) is 3. The van der Waals surface area contributed by atoms with E-state index in [1.54, 1.807) is 11.8 Å². The monoisotopic (exact) mass is 251 g/mol. The summed E-state index contributed by atoms with van der Waals surface area (Å²) >= 11 is 1.69. The van der Waals surface area contributed by atoms with Crippen LogP contribution in [0.3, 0.4) is 0 Å². The van der Waals surface area contributed by atoms with Crippen LogP contribution in [0.25, 0.3) is 0 Å². The summed E-state index contributed by atoms with van der Waals surface area (Å²) in [6.07, 6.45) is 0.200. The van der Waals surface area contributed by atoms with Crippen LogP contribution in [0.4, 0.5) is 5.69 Å². The van der Waals surface area contributed by atoms with Gasteiger partial charge in [0.15, 0.2) is 0 Å². The molecule has 0 fully saturated rings. The van der Waals surface area contributed by atoms with Crippen molar-refractivity contribution in [2.24, 2.45) is 0 Å². The van der Waals surface area contributed by atoms with Crippen molar-refractivity contribution in [2.45, 2.75) is 43.4 Å². The van der Waals surface area contributed by atoms with Crippen molar-refractivity contribution in [3.05, 3.63) is 23.3 Å². The predicted molar refractivity (Wildman–Crippen MR) is 70.9 cm³/mol. The molecule has 2 atom stereocenters. The summed E-state index contributed by atoms with van der Waals surface area (Å²) in [5.41, 5.74) is 3.60. The fourth-order valence-electron chi connectivity index (χ4n) is 2.08. The Balaban J connectivity index is 2.33. The smallest absolute Gasteiger partial charge is 0.304 e. The molecule has 2 unspecified atom stereocenters. The molecule has 0 amide bonds. The summed E-state index contributed by atoms with van der Waals surface area (Å²) in [6.45, 7) is 6.20. The molecule has 17 heavy (non-hydrogen) atoms. The van der Waals surface area contributed by atoms with Gasteiger partial charge in [0.2, 0.25) is 0 Å². The van der Waals surface area contributed by atoms with Crippen molar-refractivity contribution in [2.75, 3.05) is 5.32 Å². The molecular weight excluding hydrogens is 234 g/mol. The number of fused-ring (bicyclic) bond motifs is 1. The summed E-state index contributed by atoms with van der Waals surface area (Å²) in [5, 5.41) is 12.5. The third-order valence-corrected chi connectivity index (χ3v) is 4.78. The average Bonchev–Trinajstić information content (AvgIpc) is 2.25. The van der Waals surface area contributed by atoms with E-state index in [4.69, 9.17) is 5.11 Å². The Morgan fingerprint density at radius 1 is 1.41 bits per heavy atom. The van der Waals surface area contributed by atoms with Gasteiger partial charge >= 0.3 is 5.97 Å². The standard InChI is InChI=1S/C13H17NO2S/c1-7-4-5-8(2)13-12(7)14-9(3)10(17-13)6-11(15)16/h4-5,9-10,14H,6H2,1-3H3,(H,15,16). The normalized spacial score (nSPS) is 22.8. The van der Waals surface area contributed by atoms with Gasteiger partial charge in [0, 0.05) is 16.2 Å². The topological polar surface area (TPSA) is 49.3 Å². The maximum atomic E-state index is 10.8. The molecule has 0 bridgehead atoms. The highest BCUT2D eigenvalue weighted by molar-refractivity contribution is 8.00. The van der Waals surface area contributed by atoms with Gasteiger partial charge < -0.3 is 10.4 Å². The second-order valence-corrected chi connectivity index (χ2v) is 5.84. The minimum absolute atomic E-state index is 0.0977. The first kappa shape index (κ1) is 12.3. The third-order valence-electron chi connectivity index (χ3n) is 3.14. The van der Waals surface area contributed by atoms with Crippen LogP contribution in [0.5, 0.6) is 0 Å². The second kappa shape index (κ2) is 4.61. The van der Waals surface area contributed by atoms with Crippen LogP contribution in [0.2, 0.25) is 0 Å². The van der Waals surface area contributed by atoms with E-state index in [9.17, 15) is 4.79 Å². The quantitative estimate of drug-likeness (QED) is 0.848. The van der Waals surface area contributed by atoms with Crippen molar-refractivity contribution in [3.63, 3.8) is 0 Å². The molecule has 92 valence electrons. The number of hydrogen-bond donors (Lipinski definition) is 2. The number of aryl methyl sites for hydroxylation is 2. The van der Waals surface area contributed by atoms with E-state index in [-0.39, 0.29) is 17.7 Å². The van der Waals surface area contributed by atoms with E-state index in [1.807, 2.05) is 6.92 Å². The Bertz CT molecular complexity index is 459. The molecule has 0 aromatic heterocycles. The van der Waals surface area contributed by atoms with Gasteiger partial charge in [-0.15, -0.1) is 11.8 Å². The van der Waals surface area contributed by atoms with Gasteiger partial charge in [-0.1, -0.05) is 12.1 Å². The number of rotatable bonds is 2. The van der Waals surface area contributed by atoms with Crippen LogP contribution in [0.15, 0.2) is 17.0 Å². The van der Waals surface area contributed by atoms with E-state index < -0.39 is 5.97 Å². The molecule has 3 nitrogen and oxygen atoms in total. The number of nitrogens with one attached hydrogen (secondary N) is 1. The van der Waals surface area contributed by atoms with Gasteiger partial charge in [-0.2, -0.15) is 0 Å². The summed E-state index contributed by atoms with van der Waals surface area (Å²) in [4.78, 5) is 12.0. The maximum Gasteiger partial charge on any atom is 0.304 e. The van der Waals surface area contributed by atoms with Gasteiger partial charge in [0.1, 0.15) is 0 Å². The number of benzene rings is 1. The van der Waals surface area contributed by atoms with E-state index in [0.717, 1.165) is 0 Å². The molecule has 0 saturated heterocycles. The fraction of sp³-hybridized carbons (Fsp3) is 0.462. The van der Waals surface area contributed by atoms with Crippen molar-refractivity contribution in [3.8, 4) is 0 Å². The zero-order chi connectivity index (χ0) is 12.6. The molecule has 2 rings (SSSR count). The number of anilines is 1. The lowest BCUT2D eigenvalue weighted by atomic mass is 10.1. The lowest BCUT2D eigenvalue weighted by Crippen LogP contribution is -2.34. The SMILES string of the molecule is Cc1ccc(C)c2c1NC(C)C(CC(=O)O)S2. The van der Waals surface area contributed by atoms with Crippen LogP contribution in [0, 0.1) is 13.8 Å². The van der Waals surface area contributed by atoms with Gasteiger partial charge in [0.25, 0.3) is 0 Å². The molecule has 4 heteroatoms. The molecule has 2 N–H and O–H groups in total. The van der Waals surface area contributed by atoms with Crippen LogP contribution >= 0.6 is 11.8 Å². The Labute approximate surface area is 106 Å². The molecule has 0 saturated carbocycles. The number of carbonyl (C=O) groups is 1. The first-order valence-electron chi connectivity index (χ1n) is 5.74. The Kier molecular flexibility index (Phi) is 3.33. The third kappa shape index (κ3) is 2.41. The molecule has 0 spiro atoms. The number of carboxylic acid groups (broad SMARTS) is 1. The fourth-order valence-corrected chi connectivity index (χ4v) is 3.47. The molecule has 1 aliphatic rings. The van der Waals surface area contributed by atoms with Gasteiger partial charge in [-0.25, -0.2) is 0 Å². The lowest BCUT2D eigenvalue weighted by Gasteiger charge is -2.33. The highest BCUT2D eigenvalue weighted by Crippen LogP contribution is 2.42. The van der Waals surface area contributed by atoms with Gasteiger partial charge in [-0.05, 0) is 31.9 Å².